The van der Waals surface area contributed by atoms with Crippen molar-refractivity contribution < 1.29 is 37.4 Å². The number of aliphatic imine (C=N–C) groups is 1. The Hall–Kier alpha value is -6.69. The zero-order valence-electron chi connectivity index (χ0n) is 29.4. The number of aliphatic carboxylic acids is 1. The third-order valence-electron chi connectivity index (χ3n) is 8.45. The number of anilines is 1. The van der Waals surface area contributed by atoms with Crippen LogP contribution in [0.1, 0.15) is 38.2 Å². The average molecular weight is 735 g/mol. The Morgan fingerprint density at radius 3 is 2.04 bits per heavy atom. The molecule has 0 unspecified atom stereocenters. The summed E-state index contributed by atoms with van der Waals surface area (Å²) in [6.07, 6.45) is -2.15. The number of nitrogens with two attached hydrogens (primary N) is 1. The van der Waals surface area contributed by atoms with E-state index in [1.54, 1.807) is 30.5 Å². The van der Waals surface area contributed by atoms with Crippen molar-refractivity contribution in [3.8, 4) is 16.9 Å². The number of carboxylic acid groups (broad SMARTS) is 1. The molecule has 0 aliphatic carbocycles. The summed E-state index contributed by atoms with van der Waals surface area (Å²) in [7, 11) is 1.25. The molecule has 0 bridgehead atoms. The summed E-state index contributed by atoms with van der Waals surface area (Å²) < 4.78 is 45.6. The molecule has 4 N–H and O–H groups in total. The van der Waals surface area contributed by atoms with Crippen LogP contribution in [-0.4, -0.2) is 47.7 Å². The molecule has 0 atom stereocenters. The summed E-state index contributed by atoms with van der Waals surface area (Å²) in [6.45, 7) is 1.45. The Bertz CT molecular complexity index is 2160. The molecule has 12 heteroatoms. The van der Waals surface area contributed by atoms with Crippen LogP contribution in [0.3, 0.4) is 0 Å². The van der Waals surface area contributed by atoms with E-state index in [-0.39, 0.29) is 29.1 Å². The number of nitrogens with zero attached hydrogens (tertiary/aromatic N) is 2. The van der Waals surface area contributed by atoms with Gasteiger partial charge in [-0.1, -0.05) is 72.3 Å². The van der Waals surface area contributed by atoms with Gasteiger partial charge in [-0.05, 0) is 83.3 Å². The molecule has 0 spiro atoms. The van der Waals surface area contributed by atoms with Crippen LogP contribution in [0.25, 0.3) is 16.7 Å². The molecular formula is C42H37F3N4O5. The number of hydrogen-bond donors (Lipinski definition) is 3. The first-order chi connectivity index (χ1) is 25.8. The van der Waals surface area contributed by atoms with Crippen molar-refractivity contribution in [1.29, 1.82) is 0 Å². The second-order valence-electron chi connectivity index (χ2n) is 12.4. The summed E-state index contributed by atoms with van der Waals surface area (Å²) in [5.41, 5.74) is 11.3. The highest BCUT2D eigenvalue weighted by atomic mass is 19.4. The smallest absolute Gasteiger partial charge is 0.416 e. The van der Waals surface area contributed by atoms with E-state index in [0.717, 1.165) is 33.3 Å². The minimum Gasteiger partial charge on any atom is -0.497 e. The molecule has 0 aliphatic heterocycles. The van der Waals surface area contributed by atoms with Crippen molar-refractivity contribution in [2.45, 2.75) is 26.1 Å². The normalized spacial score (nSPS) is 11.7. The molecule has 5 aromatic rings. The third-order valence-corrected chi connectivity index (χ3v) is 8.45. The van der Waals surface area contributed by atoms with Gasteiger partial charge in [-0.25, -0.2) is 0 Å². The maximum atomic E-state index is 13.6. The van der Waals surface area contributed by atoms with Crippen molar-refractivity contribution in [2.24, 2.45) is 10.7 Å². The van der Waals surface area contributed by atoms with E-state index in [1.807, 2.05) is 31.2 Å². The van der Waals surface area contributed by atoms with Gasteiger partial charge in [0.25, 0.3) is 5.91 Å². The number of hydrogen-bond acceptors (Lipinski definition) is 6. The second-order valence-corrected chi connectivity index (χ2v) is 12.4. The van der Waals surface area contributed by atoms with Gasteiger partial charge >= 0.3 is 12.1 Å². The summed E-state index contributed by atoms with van der Waals surface area (Å²) in [5, 5.41) is 12.1. The summed E-state index contributed by atoms with van der Waals surface area (Å²) >= 11 is 0. The summed E-state index contributed by atoms with van der Waals surface area (Å²) in [6, 6.07) is 32.2. The lowest BCUT2D eigenvalue weighted by atomic mass is 10.0. The first kappa shape index (κ1) is 38.5. The van der Waals surface area contributed by atoms with Gasteiger partial charge in [0.05, 0.1) is 24.8 Å². The minimum absolute atomic E-state index is 0.0105. The number of aryl methyl sites for hydroxylation is 1. The predicted octanol–water partition coefficient (Wildman–Crippen LogP) is 8.30. The van der Waals surface area contributed by atoms with E-state index in [1.165, 1.54) is 55.3 Å². The maximum Gasteiger partial charge on any atom is 0.416 e. The summed E-state index contributed by atoms with van der Waals surface area (Å²) in [5.74, 6) is -2.48. The molecule has 0 aliphatic rings. The van der Waals surface area contributed by atoms with Crippen LogP contribution in [0.15, 0.2) is 126 Å². The first-order valence-corrected chi connectivity index (χ1v) is 16.7. The lowest BCUT2D eigenvalue weighted by Crippen LogP contribution is -2.35. The van der Waals surface area contributed by atoms with Gasteiger partial charge in [-0.3, -0.25) is 19.4 Å². The molecule has 5 aromatic carbocycles. The highest BCUT2D eigenvalue weighted by molar-refractivity contribution is 6.10. The molecule has 0 saturated carbocycles. The number of methoxy groups -OCH3 is 1. The molecule has 2 amide bonds. The number of amides is 2. The maximum absolute atomic E-state index is 13.6. The zero-order chi connectivity index (χ0) is 38.8. The topological polar surface area (TPSA) is 134 Å². The van der Waals surface area contributed by atoms with Gasteiger partial charge in [0.2, 0.25) is 5.91 Å². The molecule has 5 rings (SSSR count). The van der Waals surface area contributed by atoms with Gasteiger partial charge in [-0.15, -0.1) is 0 Å². The van der Waals surface area contributed by atoms with Crippen LogP contribution in [0, 0.1) is 6.92 Å². The zero-order valence-corrected chi connectivity index (χ0v) is 29.4. The largest absolute Gasteiger partial charge is 0.497 e. The molecule has 276 valence electrons. The van der Waals surface area contributed by atoms with E-state index in [0.29, 0.717) is 11.1 Å². The van der Waals surface area contributed by atoms with Gasteiger partial charge in [0, 0.05) is 35.8 Å². The number of carbonyl (C=O) groups is 3. The Balaban J connectivity index is 1.21. The number of allylic oxidation sites excluding steroid dienone is 1. The van der Waals surface area contributed by atoms with E-state index in [9.17, 15) is 32.7 Å². The lowest BCUT2D eigenvalue weighted by molar-refractivity contribution is -0.139. The average Bonchev–Trinajstić information content (AvgIpc) is 3.15. The SMILES string of the molecule is COc1ccc(CC(=O)Nc2ccc(C(=O)N(CC(=O)O)Cc3ccc(C(C=Nc4ccc(-c5ccc(C)cc5)cc4)=CN)cc3)cc2)c(C(F)(F)F)c1. The molecule has 0 radical (unpaired) electrons. The monoisotopic (exact) mass is 734 g/mol. The molecule has 0 saturated heterocycles. The van der Waals surface area contributed by atoms with Crippen LogP contribution in [0.2, 0.25) is 0 Å². The van der Waals surface area contributed by atoms with Gasteiger partial charge in [0.1, 0.15) is 12.3 Å². The van der Waals surface area contributed by atoms with Gasteiger partial charge in [-0.2, -0.15) is 13.2 Å². The number of rotatable bonds is 13. The number of carbonyl (C=O) groups excluding carboxylic acids is 2. The van der Waals surface area contributed by atoms with E-state index in [4.69, 9.17) is 10.5 Å². The van der Waals surface area contributed by atoms with E-state index < -0.39 is 42.5 Å². The molecule has 0 fully saturated rings. The number of halogens is 3. The van der Waals surface area contributed by atoms with Crippen LogP contribution >= 0.6 is 0 Å². The van der Waals surface area contributed by atoms with Crippen molar-refractivity contribution >= 4 is 40.9 Å². The number of alkyl halides is 3. The van der Waals surface area contributed by atoms with Crippen LogP contribution < -0.4 is 15.8 Å². The molecule has 0 aromatic heterocycles. The fraction of sp³-hybridized carbons (Fsp3) is 0.143. The second kappa shape index (κ2) is 17.2. The third kappa shape index (κ3) is 10.2. The fourth-order valence-corrected chi connectivity index (χ4v) is 5.59. The Morgan fingerprint density at radius 2 is 1.46 bits per heavy atom. The lowest BCUT2D eigenvalue weighted by Gasteiger charge is -2.21. The van der Waals surface area contributed by atoms with E-state index >= 15 is 0 Å². The minimum atomic E-state index is -4.69. The van der Waals surface area contributed by atoms with Crippen LogP contribution in [-0.2, 0) is 28.7 Å². The molecular weight excluding hydrogens is 697 g/mol. The standard InChI is InChI=1S/C42H37F3N4O5/c1-27-3-7-29(8-4-27)30-11-16-35(17-12-30)47-24-34(23-46)31-9-5-28(6-10-31)25-49(26-40(51)52)41(53)32-13-18-36(19-14-32)48-39(50)21-33-15-20-37(54-2)22-38(33)42(43,44)45/h3-20,22-24H,21,25-26,46H2,1-2H3,(H,48,50)(H,51,52). The molecule has 54 heavy (non-hydrogen) atoms. The van der Waals surface area contributed by atoms with Crippen molar-refractivity contribution in [3.63, 3.8) is 0 Å². The molecule has 9 nitrogen and oxygen atoms in total. The summed E-state index contributed by atoms with van der Waals surface area (Å²) in [4.78, 5) is 43.5. The Kier molecular flexibility index (Phi) is 12.3. The predicted molar refractivity (Wildman–Crippen MR) is 203 cm³/mol. The highest BCUT2D eigenvalue weighted by Gasteiger charge is 2.34. The Morgan fingerprint density at radius 1 is 0.852 bits per heavy atom. The fourth-order valence-electron chi connectivity index (χ4n) is 5.59. The number of benzene rings is 5. The van der Waals surface area contributed by atoms with Crippen LogP contribution in [0.5, 0.6) is 5.75 Å². The van der Waals surface area contributed by atoms with Gasteiger partial charge in [0.15, 0.2) is 0 Å². The molecule has 0 heterocycles. The Labute approximate surface area is 310 Å². The number of ether oxygens (including phenoxy) is 1. The van der Waals surface area contributed by atoms with Gasteiger partial charge < -0.3 is 25.8 Å². The number of carboxylic acids is 1. The number of nitrogens with one attached hydrogen (secondary N) is 1. The quantitative estimate of drug-likeness (QED) is 0.104. The van der Waals surface area contributed by atoms with Crippen molar-refractivity contribution in [3.05, 3.63) is 155 Å². The van der Waals surface area contributed by atoms with Crippen molar-refractivity contribution in [1.82, 2.24) is 4.90 Å². The van der Waals surface area contributed by atoms with Crippen LogP contribution in [0.4, 0.5) is 24.5 Å². The first-order valence-electron chi connectivity index (χ1n) is 16.7. The van der Waals surface area contributed by atoms with Crippen molar-refractivity contribution in [2.75, 3.05) is 19.0 Å². The van der Waals surface area contributed by atoms with E-state index in [2.05, 4.69) is 34.6 Å². The highest BCUT2D eigenvalue weighted by Crippen LogP contribution is 2.35.